The van der Waals surface area contributed by atoms with Crippen molar-refractivity contribution in [1.29, 1.82) is 0 Å². The van der Waals surface area contributed by atoms with Gasteiger partial charge in [-0.2, -0.15) is 4.98 Å². The Morgan fingerprint density at radius 1 is 1.44 bits per heavy atom. The molecule has 0 radical (unpaired) electrons. The Hall–Kier alpha value is -0.900. The molecule has 1 aliphatic carbocycles. The Bertz CT molecular complexity index is 349. The van der Waals surface area contributed by atoms with Crippen LogP contribution < -0.4 is 5.32 Å². The molecule has 90 valence electrons. The summed E-state index contributed by atoms with van der Waals surface area (Å²) < 4.78 is 5.29. The van der Waals surface area contributed by atoms with Gasteiger partial charge in [-0.15, -0.1) is 0 Å². The lowest BCUT2D eigenvalue weighted by molar-refractivity contribution is 0.255. The summed E-state index contributed by atoms with van der Waals surface area (Å²) in [5.41, 5.74) is 0.197. The average Bonchev–Trinajstić information content (AvgIpc) is 2.94. The maximum absolute atomic E-state index is 5.29. The topological polar surface area (TPSA) is 51.0 Å². The number of hydrogen-bond donors (Lipinski definition) is 1. The van der Waals surface area contributed by atoms with Gasteiger partial charge in [-0.25, -0.2) is 0 Å². The lowest BCUT2D eigenvalue weighted by atomic mass is 9.85. The van der Waals surface area contributed by atoms with Gasteiger partial charge in [0.15, 0.2) is 5.82 Å². The summed E-state index contributed by atoms with van der Waals surface area (Å²) in [5, 5.41) is 7.35. The summed E-state index contributed by atoms with van der Waals surface area (Å²) in [6.07, 6.45) is 3.24. The van der Waals surface area contributed by atoms with Gasteiger partial charge in [-0.05, 0) is 25.3 Å². The number of rotatable bonds is 4. The van der Waals surface area contributed by atoms with Crippen molar-refractivity contribution >= 4 is 0 Å². The van der Waals surface area contributed by atoms with Crippen LogP contribution in [0, 0.1) is 5.41 Å². The second-order valence-corrected chi connectivity index (χ2v) is 5.73. The van der Waals surface area contributed by atoms with E-state index >= 15 is 0 Å². The second kappa shape index (κ2) is 4.17. The van der Waals surface area contributed by atoms with E-state index in [2.05, 4.69) is 36.2 Å². The van der Waals surface area contributed by atoms with Gasteiger partial charge in [0, 0.05) is 18.4 Å². The molecule has 1 aromatic heterocycles. The normalized spacial score (nSPS) is 18.8. The summed E-state index contributed by atoms with van der Waals surface area (Å²) in [5.74, 6) is 2.23. The van der Waals surface area contributed by atoms with E-state index in [1.54, 1.807) is 0 Å². The number of aromatic nitrogens is 2. The minimum Gasteiger partial charge on any atom is -0.339 e. The van der Waals surface area contributed by atoms with E-state index in [-0.39, 0.29) is 5.41 Å². The third-order valence-electron chi connectivity index (χ3n) is 3.20. The van der Waals surface area contributed by atoms with E-state index in [9.17, 15) is 0 Å². The third-order valence-corrected chi connectivity index (χ3v) is 3.20. The first-order chi connectivity index (χ1) is 7.50. The summed E-state index contributed by atoms with van der Waals surface area (Å²) >= 11 is 0. The molecule has 0 bridgehead atoms. The van der Waals surface area contributed by atoms with Gasteiger partial charge in [-0.1, -0.05) is 25.9 Å². The molecule has 4 nitrogen and oxygen atoms in total. The zero-order chi connectivity index (χ0) is 11.8. The van der Waals surface area contributed by atoms with Crippen LogP contribution >= 0.6 is 0 Å². The summed E-state index contributed by atoms with van der Waals surface area (Å²) in [6.45, 7) is 6.64. The Morgan fingerprint density at radius 3 is 2.62 bits per heavy atom. The van der Waals surface area contributed by atoms with Crippen molar-refractivity contribution in [1.82, 2.24) is 15.5 Å². The summed E-state index contributed by atoms with van der Waals surface area (Å²) in [4.78, 5) is 4.46. The molecular weight excluding hydrogens is 202 g/mol. The molecule has 1 heterocycles. The SMILES string of the molecule is CNC(Cc1nc(C2CC2)no1)C(C)(C)C. The molecule has 1 saturated carbocycles. The molecular formula is C12H21N3O. The maximum Gasteiger partial charge on any atom is 0.228 e. The lowest BCUT2D eigenvalue weighted by Gasteiger charge is -2.29. The number of hydrogen-bond acceptors (Lipinski definition) is 4. The molecule has 2 rings (SSSR count). The van der Waals surface area contributed by atoms with Gasteiger partial charge in [0.1, 0.15) is 0 Å². The minimum absolute atomic E-state index is 0.197. The number of likely N-dealkylation sites (N-methyl/N-ethyl adjacent to an activating group) is 1. The highest BCUT2D eigenvalue weighted by Gasteiger charge is 2.30. The highest BCUT2D eigenvalue weighted by atomic mass is 16.5. The average molecular weight is 223 g/mol. The van der Waals surface area contributed by atoms with E-state index < -0.39 is 0 Å². The van der Waals surface area contributed by atoms with Gasteiger partial charge in [0.25, 0.3) is 0 Å². The van der Waals surface area contributed by atoms with Crippen LogP contribution in [0.25, 0.3) is 0 Å². The molecule has 1 aromatic rings. The molecule has 0 aromatic carbocycles. The molecule has 16 heavy (non-hydrogen) atoms. The van der Waals surface area contributed by atoms with Crippen molar-refractivity contribution in [3.05, 3.63) is 11.7 Å². The van der Waals surface area contributed by atoms with Crippen molar-refractivity contribution in [3.8, 4) is 0 Å². The molecule has 0 amide bonds. The zero-order valence-electron chi connectivity index (χ0n) is 10.6. The standard InChI is InChI=1S/C12H21N3O/c1-12(2,3)9(13-4)7-10-14-11(15-16-10)8-5-6-8/h8-9,13H,5-7H2,1-4H3. The fourth-order valence-electron chi connectivity index (χ4n) is 1.87. The van der Waals surface area contributed by atoms with Crippen LogP contribution in [-0.2, 0) is 6.42 Å². The number of nitrogens with zero attached hydrogens (tertiary/aromatic N) is 2. The van der Waals surface area contributed by atoms with E-state index in [0.29, 0.717) is 12.0 Å². The molecule has 0 aliphatic heterocycles. The Balaban J connectivity index is 2.01. The fourth-order valence-corrected chi connectivity index (χ4v) is 1.87. The first-order valence-electron chi connectivity index (χ1n) is 6.00. The predicted molar refractivity (Wildman–Crippen MR) is 62.3 cm³/mol. The molecule has 1 atom stereocenters. The molecule has 4 heteroatoms. The van der Waals surface area contributed by atoms with Crippen LogP contribution in [0.5, 0.6) is 0 Å². The molecule has 1 fully saturated rings. The Labute approximate surface area is 96.8 Å². The third kappa shape index (κ3) is 2.61. The lowest BCUT2D eigenvalue weighted by Crippen LogP contribution is -2.39. The van der Waals surface area contributed by atoms with Crippen LogP contribution in [0.4, 0.5) is 0 Å². The fraction of sp³-hybridized carbons (Fsp3) is 0.833. The van der Waals surface area contributed by atoms with E-state index in [1.165, 1.54) is 12.8 Å². The van der Waals surface area contributed by atoms with Crippen molar-refractivity contribution in [2.45, 2.75) is 52.0 Å². The van der Waals surface area contributed by atoms with Crippen LogP contribution in [0.2, 0.25) is 0 Å². The van der Waals surface area contributed by atoms with Crippen LogP contribution in [0.1, 0.15) is 51.2 Å². The first-order valence-corrected chi connectivity index (χ1v) is 6.00. The summed E-state index contributed by atoms with van der Waals surface area (Å²) in [6, 6.07) is 0.361. The molecule has 1 N–H and O–H groups in total. The zero-order valence-corrected chi connectivity index (χ0v) is 10.6. The maximum atomic E-state index is 5.29. The Kier molecular flexibility index (Phi) is 3.02. The van der Waals surface area contributed by atoms with Crippen molar-refractivity contribution in [2.24, 2.45) is 5.41 Å². The molecule has 0 spiro atoms. The van der Waals surface area contributed by atoms with Gasteiger partial charge >= 0.3 is 0 Å². The summed E-state index contributed by atoms with van der Waals surface area (Å²) in [7, 11) is 1.98. The Morgan fingerprint density at radius 2 is 2.12 bits per heavy atom. The van der Waals surface area contributed by atoms with E-state index in [1.807, 2.05) is 7.05 Å². The number of nitrogens with one attached hydrogen (secondary N) is 1. The largest absolute Gasteiger partial charge is 0.339 e. The van der Waals surface area contributed by atoms with Crippen LogP contribution in [0.15, 0.2) is 4.52 Å². The second-order valence-electron chi connectivity index (χ2n) is 5.73. The molecule has 1 unspecified atom stereocenters. The molecule has 1 aliphatic rings. The van der Waals surface area contributed by atoms with Gasteiger partial charge in [-0.3, -0.25) is 0 Å². The minimum atomic E-state index is 0.197. The van der Waals surface area contributed by atoms with Crippen LogP contribution in [0.3, 0.4) is 0 Å². The van der Waals surface area contributed by atoms with Crippen molar-refractivity contribution < 1.29 is 4.52 Å². The van der Waals surface area contributed by atoms with E-state index in [4.69, 9.17) is 4.52 Å². The first kappa shape index (κ1) is 11.6. The molecule has 0 saturated heterocycles. The smallest absolute Gasteiger partial charge is 0.228 e. The highest BCUT2D eigenvalue weighted by molar-refractivity contribution is 5.04. The van der Waals surface area contributed by atoms with E-state index in [0.717, 1.165) is 18.1 Å². The predicted octanol–water partition coefficient (Wildman–Crippen LogP) is 2.12. The van der Waals surface area contributed by atoms with Crippen LogP contribution in [-0.4, -0.2) is 23.2 Å². The highest BCUT2D eigenvalue weighted by Crippen LogP contribution is 2.38. The van der Waals surface area contributed by atoms with Gasteiger partial charge in [0.05, 0.1) is 0 Å². The van der Waals surface area contributed by atoms with Crippen molar-refractivity contribution in [3.63, 3.8) is 0 Å². The quantitative estimate of drug-likeness (QED) is 0.849. The van der Waals surface area contributed by atoms with Gasteiger partial charge < -0.3 is 9.84 Å². The monoisotopic (exact) mass is 223 g/mol. The van der Waals surface area contributed by atoms with Gasteiger partial charge in [0.2, 0.25) is 5.89 Å². The van der Waals surface area contributed by atoms with Crippen molar-refractivity contribution in [2.75, 3.05) is 7.05 Å².